The van der Waals surface area contributed by atoms with Crippen molar-refractivity contribution in [1.29, 1.82) is 0 Å². The summed E-state index contributed by atoms with van der Waals surface area (Å²) in [4.78, 5) is 0. The highest BCUT2D eigenvalue weighted by molar-refractivity contribution is 9.10. The van der Waals surface area contributed by atoms with E-state index in [1.54, 1.807) is 0 Å². The molecule has 1 aliphatic heterocycles. The summed E-state index contributed by atoms with van der Waals surface area (Å²) in [6, 6.07) is 6.67. The molecule has 2 atom stereocenters. The first-order valence-corrected chi connectivity index (χ1v) is 7.77. The molecule has 19 heavy (non-hydrogen) atoms. The van der Waals surface area contributed by atoms with Crippen LogP contribution in [0.3, 0.4) is 0 Å². The third-order valence-corrected chi connectivity index (χ3v) is 3.96. The fourth-order valence-corrected chi connectivity index (χ4v) is 2.64. The van der Waals surface area contributed by atoms with E-state index < -0.39 is 0 Å². The maximum atomic E-state index is 5.93. The van der Waals surface area contributed by atoms with Gasteiger partial charge in [-0.25, -0.2) is 0 Å². The molecule has 1 fully saturated rings. The van der Waals surface area contributed by atoms with E-state index in [-0.39, 0.29) is 6.10 Å². The number of ether oxygens (including phenoxy) is 2. The lowest BCUT2D eigenvalue weighted by Crippen LogP contribution is -2.19. The normalized spacial score (nSPS) is 20.5. The highest BCUT2D eigenvalue weighted by Gasteiger charge is 2.18. The maximum absolute atomic E-state index is 5.93. The van der Waals surface area contributed by atoms with Gasteiger partial charge in [-0.15, -0.1) is 0 Å². The van der Waals surface area contributed by atoms with Gasteiger partial charge in [-0.05, 0) is 53.5 Å². The molecule has 0 spiro atoms. The lowest BCUT2D eigenvalue weighted by Gasteiger charge is -2.17. The zero-order chi connectivity index (χ0) is 13.7. The van der Waals surface area contributed by atoms with Crippen molar-refractivity contribution in [2.24, 2.45) is 0 Å². The third-order valence-electron chi connectivity index (χ3n) is 3.34. The molecule has 1 aliphatic rings. The van der Waals surface area contributed by atoms with E-state index >= 15 is 0 Å². The molecule has 1 saturated heterocycles. The predicted octanol–water partition coefficient (Wildman–Crippen LogP) is 3.68. The lowest BCUT2D eigenvalue weighted by molar-refractivity contribution is 0.141. The molecule has 0 aromatic heterocycles. The molecular weight excluding hydrogens is 306 g/mol. The second-order valence-electron chi connectivity index (χ2n) is 4.97. The Bertz CT molecular complexity index is 405. The number of hydrogen-bond acceptors (Lipinski definition) is 3. The van der Waals surface area contributed by atoms with Crippen molar-refractivity contribution < 1.29 is 9.47 Å². The van der Waals surface area contributed by atoms with Crippen molar-refractivity contribution in [3.05, 3.63) is 28.2 Å². The first kappa shape index (κ1) is 14.8. The highest BCUT2D eigenvalue weighted by atomic mass is 79.9. The van der Waals surface area contributed by atoms with Crippen LogP contribution < -0.4 is 10.1 Å². The van der Waals surface area contributed by atoms with Gasteiger partial charge in [-0.1, -0.05) is 13.0 Å². The van der Waals surface area contributed by atoms with Crippen LogP contribution in [0.5, 0.6) is 5.75 Å². The Morgan fingerprint density at radius 3 is 3.00 bits per heavy atom. The molecule has 4 heteroatoms. The zero-order valence-corrected chi connectivity index (χ0v) is 13.2. The van der Waals surface area contributed by atoms with Gasteiger partial charge in [0, 0.05) is 12.5 Å². The van der Waals surface area contributed by atoms with Gasteiger partial charge < -0.3 is 14.8 Å². The first-order valence-electron chi connectivity index (χ1n) is 6.98. The van der Waals surface area contributed by atoms with Crippen molar-refractivity contribution in [3.63, 3.8) is 0 Å². The van der Waals surface area contributed by atoms with Crippen molar-refractivity contribution >= 4 is 15.9 Å². The molecule has 0 amide bonds. The average molecular weight is 328 g/mol. The van der Waals surface area contributed by atoms with Crippen LogP contribution in [0.1, 0.15) is 38.3 Å². The molecule has 0 bridgehead atoms. The Labute approximate surface area is 123 Å². The first-order chi connectivity index (χ1) is 9.20. The number of benzene rings is 1. The summed E-state index contributed by atoms with van der Waals surface area (Å²) >= 11 is 3.60. The zero-order valence-electron chi connectivity index (χ0n) is 11.6. The number of halogens is 1. The largest absolute Gasteiger partial charge is 0.487 e. The summed E-state index contributed by atoms with van der Waals surface area (Å²) < 4.78 is 12.3. The van der Waals surface area contributed by atoms with Gasteiger partial charge in [-0.2, -0.15) is 0 Å². The predicted molar refractivity (Wildman–Crippen MR) is 80.7 cm³/mol. The van der Waals surface area contributed by atoms with Crippen molar-refractivity contribution in [2.75, 3.05) is 19.8 Å². The van der Waals surface area contributed by atoms with Crippen LogP contribution in [-0.2, 0) is 4.74 Å². The van der Waals surface area contributed by atoms with E-state index in [9.17, 15) is 0 Å². The van der Waals surface area contributed by atoms with Crippen molar-refractivity contribution in [1.82, 2.24) is 5.32 Å². The summed E-state index contributed by atoms with van der Waals surface area (Å²) in [5.74, 6) is 0.905. The van der Waals surface area contributed by atoms with E-state index in [4.69, 9.17) is 9.47 Å². The van der Waals surface area contributed by atoms with Crippen LogP contribution in [0.15, 0.2) is 22.7 Å². The smallest absolute Gasteiger partial charge is 0.134 e. The fourth-order valence-electron chi connectivity index (χ4n) is 2.15. The van der Waals surface area contributed by atoms with Gasteiger partial charge >= 0.3 is 0 Å². The van der Waals surface area contributed by atoms with E-state index in [2.05, 4.69) is 47.2 Å². The van der Waals surface area contributed by atoms with Gasteiger partial charge in [0.05, 0.1) is 17.7 Å². The van der Waals surface area contributed by atoms with Crippen LogP contribution in [0, 0.1) is 0 Å². The molecule has 0 radical (unpaired) electrons. The van der Waals surface area contributed by atoms with Gasteiger partial charge in [-0.3, -0.25) is 0 Å². The Morgan fingerprint density at radius 1 is 1.53 bits per heavy atom. The van der Waals surface area contributed by atoms with E-state index in [1.165, 1.54) is 5.56 Å². The molecular formula is C15H22BrNO2. The summed E-state index contributed by atoms with van der Waals surface area (Å²) in [5, 5.41) is 3.49. The van der Waals surface area contributed by atoms with E-state index in [1.807, 2.05) is 6.07 Å². The minimum absolute atomic E-state index is 0.192. The fraction of sp³-hybridized carbons (Fsp3) is 0.600. The standard InChI is InChI=1S/C15H22BrNO2/c1-3-7-17-11(2)12-4-5-15(14(16)9-12)19-13-6-8-18-10-13/h4-5,9,11,13,17H,3,6-8,10H2,1-2H3. The van der Waals surface area contributed by atoms with Crippen LogP contribution in [0.25, 0.3) is 0 Å². The number of rotatable bonds is 6. The minimum atomic E-state index is 0.192. The third kappa shape index (κ3) is 4.20. The summed E-state index contributed by atoms with van der Waals surface area (Å²) in [7, 11) is 0. The second kappa shape index (κ2) is 7.27. The molecule has 3 nitrogen and oxygen atoms in total. The van der Waals surface area contributed by atoms with E-state index in [0.717, 1.165) is 36.2 Å². The molecule has 106 valence electrons. The lowest BCUT2D eigenvalue weighted by atomic mass is 10.1. The quantitative estimate of drug-likeness (QED) is 0.864. The van der Waals surface area contributed by atoms with Crippen LogP contribution in [-0.4, -0.2) is 25.9 Å². The Kier molecular flexibility index (Phi) is 5.67. The Balaban J connectivity index is 1.99. The highest BCUT2D eigenvalue weighted by Crippen LogP contribution is 2.30. The van der Waals surface area contributed by atoms with Gasteiger partial charge in [0.25, 0.3) is 0 Å². The maximum Gasteiger partial charge on any atom is 0.134 e. The van der Waals surface area contributed by atoms with Crippen LogP contribution in [0.2, 0.25) is 0 Å². The minimum Gasteiger partial charge on any atom is -0.487 e. The van der Waals surface area contributed by atoms with E-state index in [0.29, 0.717) is 12.6 Å². The molecule has 2 unspecified atom stereocenters. The van der Waals surface area contributed by atoms with Gasteiger partial charge in [0.2, 0.25) is 0 Å². The molecule has 1 aromatic carbocycles. The van der Waals surface area contributed by atoms with Crippen molar-refractivity contribution in [3.8, 4) is 5.75 Å². The number of hydrogen-bond donors (Lipinski definition) is 1. The molecule has 0 saturated carbocycles. The molecule has 0 aliphatic carbocycles. The summed E-state index contributed by atoms with van der Waals surface area (Å²) in [5.41, 5.74) is 1.27. The number of nitrogens with one attached hydrogen (secondary N) is 1. The van der Waals surface area contributed by atoms with Crippen LogP contribution >= 0.6 is 15.9 Å². The summed E-state index contributed by atoms with van der Waals surface area (Å²) in [6.07, 6.45) is 2.31. The topological polar surface area (TPSA) is 30.5 Å². The molecule has 1 aromatic rings. The molecule has 2 rings (SSSR count). The molecule has 1 heterocycles. The average Bonchev–Trinajstić information content (AvgIpc) is 2.91. The van der Waals surface area contributed by atoms with Crippen LogP contribution in [0.4, 0.5) is 0 Å². The Hall–Kier alpha value is -0.580. The van der Waals surface area contributed by atoms with Gasteiger partial charge in [0.1, 0.15) is 11.9 Å². The SMILES string of the molecule is CCCNC(C)c1ccc(OC2CCOC2)c(Br)c1. The van der Waals surface area contributed by atoms with Crippen molar-refractivity contribution in [2.45, 2.75) is 38.8 Å². The second-order valence-corrected chi connectivity index (χ2v) is 5.82. The molecule has 1 N–H and O–H groups in total. The summed E-state index contributed by atoms with van der Waals surface area (Å²) in [6.45, 7) is 6.90. The van der Waals surface area contributed by atoms with Gasteiger partial charge in [0.15, 0.2) is 0 Å². The monoisotopic (exact) mass is 327 g/mol. The Morgan fingerprint density at radius 2 is 2.37 bits per heavy atom.